The van der Waals surface area contributed by atoms with Crippen molar-refractivity contribution in [3.05, 3.63) is 50.7 Å². The highest BCUT2D eigenvalue weighted by molar-refractivity contribution is 7.14. The number of carbonyl (C=O) groups excluding carboxylic acids is 1. The lowest BCUT2D eigenvalue weighted by Crippen LogP contribution is -2.10. The zero-order valence-corrected chi connectivity index (χ0v) is 13.1. The molecule has 0 aliphatic heterocycles. The van der Waals surface area contributed by atoms with Gasteiger partial charge < -0.3 is 10.4 Å². The first-order chi connectivity index (χ1) is 10.0. The maximum absolute atomic E-state index is 12.3. The second-order valence-corrected chi connectivity index (χ2v) is 5.89. The van der Waals surface area contributed by atoms with E-state index in [4.69, 9.17) is 5.11 Å². The van der Waals surface area contributed by atoms with Crippen LogP contribution in [0.2, 0.25) is 0 Å². The maximum atomic E-state index is 12.3. The van der Waals surface area contributed by atoms with Crippen molar-refractivity contribution in [3.8, 4) is 11.8 Å². The summed E-state index contributed by atoms with van der Waals surface area (Å²) >= 11 is 1.34. The average molecular weight is 299 g/mol. The second kappa shape index (κ2) is 6.57. The summed E-state index contributed by atoms with van der Waals surface area (Å²) in [7, 11) is 0. The summed E-state index contributed by atoms with van der Waals surface area (Å²) in [6.07, 6.45) is 0. The van der Waals surface area contributed by atoms with Crippen LogP contribution in [0.5, 0.6) is 0 Å². The predicted octanol–water partition coefficient (Wildman–Crippen LogP) is 3.27. The van der Waals surface area contributed by atoms with Gasteiger partial charge in [-0.1, -0.05) is 17.9 Å². The normalized spacial score (nSPS) is 9.90. The summed E-state index contributed by atoms with van der Waals surface area (Å²) in [5.41, 5.74) is 4.08. The molecule has 0 saturated carbocycles. The van der Waals surface area contributed by atoms with Gasteiger partial charge in [-0.25, -0.2) is 0 Å². The van der Waals surface area contributed by atoms with Crippen LogP contribution in [0.4, 0.5) is 5.69 Å². The second-order valence-electron chi connectivity index (χ2n) is 4.84. The first-order valence-electron chi connectivity index (χ1n) is 6.60. The highest BCUT2D eigenvalue weighted by Crippen LogP contribution is 2.22. The molecule has 2 aromatic rings. The average Bonchev–Trinajstić information content (AvgIpc) is 2.82. The van der Waals surface area contributed by atoms with E-state index in [2.05, 4.69) is 17.2 Å². The molecule has 1 aromatic carbocycles. The topological polar surface area (TPSA) is 49.3 Å². The van der Waals surface area contributed by atoms with Gasteiger partial charge in [-0.3, -0.25) is 4.79 Å². The van der Waals surface area contributed by atoms with Crippen LogP contribution in [0.3, 0.4) is 0 Å². The third kappa shape index (κ3) is 3.72. The van der Waals surface area contributed by atoms with Gasteiger partial charge in [0.15, 0.2) is 0 Å². The number of benzene rings is 1. The number of aliphatic hydroxyl groups is 1. The Morgan fingerprint density at radius 1 is 1.19 bits per heavy atom. The Bertz CT molecular complexity index is 735. The van der Waals surface area contributed by atoms with Crippen LogP contribution in [0.25, 0.3) is 0 Å². The van der Waals surface area contributed by atoms with Crippen LogP contribution in [0.1, 0.15) is 31.2 Å². The molecule has 0 aliphatic rings. The van der Waals surface area contributed by atoms with Gasteiger partial charge in [-0.2, -0.15) is 0 Å². The molecular formula is C17H17NO2S. The molecule has 0 bridgehead atoms. The highest BCUT2D eigenvalue weighted by atomic mass is 32.1. The molecule has 1 heterocycles. The van der Waals surface area contributed by atoms with Crippen molar-refractivity contribution in [2.24, 2.45) is 0 Å². The molecule has 0 radical (unpaired) electrons. The van der Waals surface area contributed by atoms with Gasteiger partial charge in [0.05, 0.1) is 9.75 Å². The van der Waals surface area contributed by atoms with Crippen molar-refractivity contribution in [2.45, 2.75) is 20.8 Å². The summed E-state index contributed by atoms with van der Waals surface area (Å²) in [6.45, 7) is 5.78. The van der Waals surface area contributed by atoms with E-state index in [1.165, 1.54) is 16.9 Å². The Kier molecular flexibility index (Phi) is 4.79. The number of carbonyl (C=O) groups is 1. The minimum atomic E-state index is -0.179. The molecule has 2 N–H and O–H groups in total. The lowest BCUT2D eigenvalue weighted by atomic mass is 10.1. The number of rotatable bonds is 2. The Balaban J connectivity index is 2.18. The molecule has 4 heteroatoms. The molecule has 0 spiro atoms. The van der Waals surface area contributed by atoms with Crippen molar-refractivity contribution in [1.82, 2.24) is 0 Å². The number of hydrogen-bond acceptors (Lipinski definition) is 3. The van der Waals surface area contributed by atoms with Crippen molar-refractivity contribution >= 4 is 22.9 Å². The first-order valence-corrected chi connectivity index (χ1v) is 7.41. The minimum Gasteiger partial charge on any atom is -0.384 e. The minimum absolute atomic E-state index is 0.136. The number of amides is 1. The molecular weight excluding hydrogens is 282 g/mol. The van der Waals surface area contributed by atoms with Crippen LogP contribution in [-0.2, 0) is 0 Å². The monoisotopic (exact) mass is 299 g/mol. The maximum Gasteiger partial charge on any atom is 0.265 e. The number of hydrogen-bond donors (Lipinski definition) is 2. The van der Waals surface area contributed by atoms with Gasteiger partial charge in [0, 0.05) is 5.69 Å². The van der Waals surface area contributed by atoms with Gasteiger partial charge in [0.2, 0.25) is 0 Å². The number of aryl methyl sites for hydroxylation is 3. The SMILES string of the molecule is Cc1ccc(NC(=O)c2cc(C)c(C#CCO)s2)cc1C. The molecule has 0 aliphatic carbocycles. The molecule has 21 heavy (non-hydrogen) atoms. The third-order valence-electron chi connectivity index (χ3n) is 3.19. The van der Waals surface area contributed by atoms with E-state index >= 15 is 0 Å². The standard InChI is InChI=1S/C17H17NO2S/c1-11-6-7-14(9-12(11)2)18-17(20)16-10-13(3)15(21-16)5-4-8-19/h6-7,9-10,19H,8H2,1-3H3,(H,18,20). The zero-order valence-electron chi connectivity index (χ0n) is 12.3. The fourth-order valence-corrected chi connectivity index (χ4v) is 2.79. The van der Waals surface area contributed by atoms with Crippen LogP contribution in [0, 0.1) is 32.6 Å². The summed E-state index contributed by atoms with van der Waals surface area (Å²) < 4.78 is 0. The smallest absolute Gasteiger partial charge is 0.265 e. The highest BCUT2D eigenvalue weighted by Gasteiger charge is 2.12. The molecule has 0 atom stereocenters. The number of anilines is 1. The molecule has 0 saturated heterocycles. The van der Waals surface area contributed by atoms with Crippen LogP contribution in [-0.4, -0.2) is 17.6 Å². The van der Waals surface area contributed by atoms with Gasteiger partial charge in [-0.05, 0) is 55.7 Å². The van der Waals surface area contributed by atoms with Crippen LogP contribution < -0.4 is 5.32 Å². The summed E-state index contributed by atoms with van der Waals surface area (Å²) in [4.78, 5) is 13.7. The molecule has 1 amide bonds. The van der Waals surface area contributed by atoms with Crippen molar-refractivity contribution in [3.63, 3.8) is 0 Å². The van der Waals surface area contributed by atoms with E-state index in [0.717, 1.165) is 21.7 Å². The predicted molar refractivity (Wildman–Crippen MR) is 86.9 cm³/mol. The van der Waals surface area contributed by atoms with Gasteiger partial charge in [0.25, 0.3) is 5.91 Å². The largest absolute Gasteiger partial charge is 0.384 e. The summed E-state index contributed by atoms with van der Waals surface area (Å²) in [5.74, 6) is 5.33. The summed E-state index contributed by atoms with van der Waals surface area (Å²) in [5, 5.41) is 11.6. The molecule has 2 rings (SSSR count). The fourth-order valence-electron chi connectivity index (χ4n) is 1.85. The lowest BCUT2D eigenvalue weighted by molar-refractivity contribution is 0.103. The first kappa shape index (κ1) is 15.3. The molecule has 0 unspecified atom stereocenters. The van der Waals surface area contributed by atoms with E-state index in [0.29, 0.717) is 4.88 Å². The van der Waals surface area contributed by atoms with Gasteiger partial charge >= 0.3 is 0 Å². The molecule has 0 fully saturated rings. The molecule has 3 nitrogen and oxygen atoms in total. The number of nitrogens with one attached hydrogen (secondary N) is 1. The Morgan fingerprint density at radius 3 is 2.62 bits per heavy atom. The van der Waals surface area contributed by atoms with Crippen LogP contribution in [0.15, 0.2) is 24.3 Å². The van der Waals surface area contributed by atoms with Crippen molar-refractivity contribution < 1.29 is 9.90 Å². The number of thiophene rings is 1. The van der Waals surface area contributed by atoms with E-state index in [-0.39, 0.29) is 12.5 Å². The summed E-state index contributed by atoms with van der Waals surface area (Å²) in [6, 6.07) is 7.67. The Morgan fingerprint density at radius 2 is 1.95 bits per heavy atom. The third-order valence-corrected chi connectivity index (χ3v) is 4.34. The molecule has 1 aromatic heterocycles. The van der Waals surface area contributed by atoms with E-state index in [9.17, 15) is 4.79 Å². The van der Waals surface area contributed by atoms with E-state index in [1.54, 1.807) is 0 Å². The fraction of sp³-hybridized carbons (Fsp3) is 0.235. The lowest BCUT2D eigenvalue weighted by Gasteiger charge is -2.06. The van der Waals surface area contributed by atoms with Gasteiger partial charge in [0.1, 0.15) is 6.61 Å². The molecule has 108 valence electrons. The van der Waals surface area contributed by atoms with Crippen LogP contribution >= 0.6 is 11.3 Å². The zero-order chi connectivity index (χ0) is 15.4. The Labute approximate surface area is 128 Å². The Hall–Kier alpha value is -2.09. The van der Waals surface area contributed by atoms with E-state index < -0.39 is 0 Å². The number of aliphatic hydroxyl groups excluding tert-OH is 1. The quantitative estimate of drug-likeness (QED) is 0.836. The van der Waals surface area contributed by atoms with E-state index in [1.807, 2.05) is 45.0 Å². The van der Waals surface area contributed by atoms with Gasteiger partial charge in [-0.15, -0.1) is 11.3 Å². The van der Waals surface area contributed by atoms with Crippen molar-refractivity contribution in [1.29, 1.82) is 0 Å². The van der Waals surface area contributed by atoms with Crippen molar-refractivity contribution in [2.75, 3.05) is 11.9 Å².